The van der Waals surface area contributed by atoms with Crippen LogP contribution in [0.25, 0.3) is 0 Å². The Kier molecular flexibility index (Phi) is 1.85. The molecule has 0 aliphatic rings. The quantitative estimate of drug-likeness (QED) is 0.632. The van der Waals surface area contributed by atoms with E-state index in [-0.39, 0.29) is 0 Å². The molecule has 0 amide bonds. The molecule has 1 rings (SSSR count). The number of nitrogens with zero attached hydrogens (tertiary/aromatic N) is 2. The number of rotatable bonds is 1. The molecule has 54 valence electrons. The predicted molar refractivity (Wildman–Crippen MR) is 40.5 cm³/mol. The van der Waals surface area contributed by atoms with Gasteiger partial charge in [0.1, 0.15) is 0 Å². The lowest BCUT2D eigenvalue weighted by atomic mass is 10.1. The molecule has 0 unspecified atom stereocenters. The summed E-state index contributed by atoms with van der Waals surface area (Å²) >= 11 is 0. The first-order valence-corrected chi connectivity index (χ1v) is 3.28. The van der Waals surface area contributed by atoms with E-state index in [1.54, 1.807) is 6.20 Å². The minimum absolute atomic E-state index is 0.399. The molecule has 0 aromatic carbocycles. The molecule has 3 heteroatoms. The second kappa shape index (κ2) is 2.64. The molecule has 1 aromatic rings. The lowest BCUT2D eigenvalue weighted by Gasteiger charge is -2.01. The Morgan fingerprint density at radius 1 is 1.50 bits per heavy atom. The van der Waals surface area contributed by atoms with E-state index in [9.17, 15) is 0 Å². The summed E-state index contributed by atoms with van der Waals surface area (Å²) in [5.74, 6) is 0.399. The third-order valence-corrected chi connectivity index (χ3v) is 1.29. The van der Waals surface area contributed by atoms with Gasteiger partial charge in [-0.1, -0.05) is 13.8 Å². The summed E-state index contributed by atoms with van der Waals surface area (Å²) in [5.41, 5.74) is 7.12. The Balaban J connectivity index is 2.96. The summed E-state index contributed by atoms with van der Waals surface area (Å²) in [5, 5.41) is 7.64. The van der Waals surface area contributed by atoms with Crippen molar-refractivity contribution in [1.82, 2.24) is 10.2 Å². The molecule has 3 nitrogen and oxygen atoms in total. The van der Waals surface area contributed by atoms with Crippen LogP contribution in [0, 0.1) is 0 Å². The van der Waals surface area contributed by atoms with Crippen LogP contribution in [0.2, 0.25) is 0 Å². The van der Waals surface area contributed by atoms with Crippen LogP contribution in [0.1, 0.15) is 25.5 Å². The minimum atomic E-state index is 0.399. The smallest absolute Gasteiger partial charge is 0.0726 e. The maximum atomic E-state index is 5.49. The van der Waals surface area contributed by atoms with Crippen molar-refractivity contribution in [2.24, 2.45) is 0 Å². The largest absolute Gasteiger partial charge is 0.397 e. The van der Waals surface area contributed by atoms with Gasteiger partial charge in [-0.15, -0.1) is 0 Å². The van der Waals surface area contributed by atoms with Crippen molar-refractivity contribution in [3.8, 4) is 0 Å². The van der Waals surface area contributed by atoms with Crippen LogP contribution in [0.4, 0.5) is 5.69 Å². The first-order chi connectivity index (χ1) is 4.70. The molecule has 0 atom stereocenters. The van der Waals surface area contributed by atoms with Gasteiger partial charge in [-0.05, 0) is 12.0 Å². The Morgan fingerprint density at radius 3 is 2.60 bits per heavy atom. The summed E-state index contributed by atoms with van der Waals surface area (Å²) < 4.78 is 0. The van der Waals surface area contributed by atoms with Gasteiger partial charge >= 0.3 is 0 Å². The summed E-state index contributed by atoms with van der Waals surface area (Å²) in [7, 11) is 0. The van der Waals surface area contributed by atoms with E-state index in [0.29, 0.717) is 11.6 Å². The van der Waals surface area contributed by atoms with Crippen molar-refractivity contribution in [2.75, 3.05) is 5.73 Å². The standard InChI is InChI=1S/C7H11N3/c1-5(2)7-3-6(8)4-9-10-7/h3-5H,1-2H3,(H2,8,10). The zero-order chi connectivity index (χ0) is 7.56. The molecule has 1 aromatic heterocycles. The second-order valence-electron chi connectivity index (χ2n) is 2.57. The van der Waals surface area contributed by atoms with Crippen molar-refractivity contribution in [3.05, 3.63) is 18.0 Å². The van der Waals surface area contributed by atoms with Gasteiger partial charge in [0.2, 0.25) is 0 Å². The van der Waals surface area contributed by atoms with E-state index in [1.807, 2.05) is 6.07 Å². The number of hydrogen-bond acceptors (Lipinski definition) is 3. The fourth-order valence-corrected chi connectivity index (χ4v) is 0.681. The van der Waals surface area contributed by atoms with Crippen LogP contribution in [0.3, 0.4) is 0 Å². The average molecular weight is 137 g/mol. The molecule has 0 saturated heterocycles. The topological polar surface area (TPSA) is 51.8 Å². The summed E-state index contributed by atoms with van der Waals surface area (Å²) in [6.45, 7) is 4.12. The van der Waals surface area contributed by atoms with E-state index in [4.69, 9.17) is 5.73 Å². The molecule has 0 radical (unpaired) electrons. The van der Waals surface area contributed by atoms with Gasteiger partial charge in [0.05, 0.1) is 17.6 Å². The number of hydrogen-bond donors (Lipinski definition) is 1. The zero-order valence-corrected chi connectivity index (χ0v) is 6.20. The fraction of sp³-hybridized carbons (Fsp3) is 0.429. The molecule has 1 heterocycles. The van der Waals surface area contributed by atoms with Crippen molar-refractivity contribution in [2.45, 2.75) is 19.8 Å². The van der Waals surface area contributed by atoms with Crippen LogP contribution in [0.5, 0.6) is 0 Å². The Labute approximate surface area is 60.3 Å². The van der Waals surface area contributed by atoms with Crippen LogP contribution >= 0.6 is 0 Å². The maximum Gasteiger partial charge on any atom is 0.0726 e. The number of anilines is 1. The molecule has 0 spiro atoms. The summed E-state index contributed by atoms with van der Waals surface area (Å²) in [6.07, 6.45) is 1.55. The van der Waals surface area contributed by atoms with Gasteiger partial charge in [0, 0.05) is 0 Å². The van der Waals surface area contributed by atoms with Crippen molar-refractivity contribution in [1.29, 1.82) is 0 Å². The summed E-state index contributed by atoms with van der Waals surface area (Å²) in [4.78, 5) is 0. The van der Waals surface area contributed by atoms with Crippen molar-refractivity contribution < 1.29 is 0 Å². The highest BCUT2D eigenvalue weighted by atomic mass is 15.1. The molecule has 0 aliphatic heterocycles. The highest BCUT2D eigenvalue weighted by Crippen LogP contribution is 2.11. The average Bonchev–Trinajstić information content (AvgIpc) is 1.88. The van der Waals surface area contributed by atoms with Gasteiger partial charge in [-0.3, -0.25) is 0 Å². The van der Waals surface area contributed by atoms with Crippen molar-refractivity contribution in [3.63, 3.8) is 0 Å². The van der Waals surface area contributed by atoms with Crippen LogP contribution in [-0.2, 0) is 0 Å². The van der Waals surface area contributed by atoms with Gasteiger partial charge in [0.15, 0.2) is 0 Å². The lowest BCUT2D eigenvalue weighted by molar-refractivity contribution is 0.786. The number of nitrogen functional groups attached to an aromatic ring is 1. The highest BCUT2D eigenvalue weighted by molar-refractivity contribution is 5.35. The number of aromatic nitrogens is 2. The van der Waals surface area contributed by atoms with E-state index < -0.39 is 0 Å². The highest BCUT2D eigenvalue weighted by Gasteiger charge is 1.99. The molecular formula is C7H11N3. The maximum absolute atomic E-state index is 5.49. The van der Waals surface area contributed by atoms with Crippen LogP contribution < -0.4 is 5.73 Å². The van der Waals surface area contributed by atoms with Gasteiger partial charge in [-0.2, -0.15) is 10.2 Å². The predicted octanol–water partition coefficient (Wildman–Crippen LogP) is 1.18. The Bertz CT molecular complexity index is 220. The van der Waals surface area contributed by atoms with E-state index in [0.717, 1.165) is 5.69 Å². The van der Waals surface area contributed by atoms with Gasteiger partial charge in [-0.25, -0.2) is 0 Å². The Hall–Kier alpha value is -1.12. The molecule has 10 heavy (non-hydrogen) atoms. The van der Waals surface area contributed by atoms with Crippen LogP contribution in [0.15, 0.2) is 12.3 Å². The second-order valence-corrected chi connectivity index (χ2v) is 2.57. The first kappa shape index (κ1) is 6.99. The third kappa shape index (κ3) is 1.43. The normalized spacial score (nSPS) is 10.3. The first-order valence-electron chi connectivity index (χ1n) is 3.28. The van der Waals surface area contributed by atoms with Crippen molar-refractivity contribution >= 4 is 5.69 Å². The van der Waals surface area contributed by atoms with E-state index in [2.05, 4.69) is 24.0 Å². The SMILES string of the molecule is CC(C)c1cc(N)cnn1. The molecule has 0 bridgehead atoms. The molecular weight excluding hydrogens is 126 g/mol. The fourth-order valence-electron chi connectivity index (χ4n) is 0.681. The lowest BCUT2D eigenvalue weighted by Crippen LogP contribution is -1.96. The molecule has 2 N–H and O–H groups in total. The molecule has 0 saturated carbocycles. The number of nitrogens with two attached hydrogens (primary N) is 1. The molecule has 0 aliphatic carbocycles. The Morgan fingerprint density at radius 2 is 2.20 bits per heavy atom. The van der Waals surface area contributed by atoms with E-state index in [1.165, 1.54) is 0 Å². The summed E-state index contributed by atoms with van der Waals surface area (Å²) in [6, 6.07) is 1.84. The molecule has 0 fully saturated rings. The zero-order valence-electron chi connectivity index (χ0n) is 6.20. The van der Waals surface area contributed by atoms with Gasteiger partial charge in [0.25, 0.3) is 0 Å². The van der Waals surface area contributed by atoms with Crippen LogP contribution in [-0.4, -0.2) is 10.2 Å². The van der Waals surface area contributed by atoms with E-state index >= 15 is 0 Å². The third-order valence-electron chi connectivity index (χ3n) is 1.29. The van der Waals surface area contributed by atoms with Gasteiger partial charge < -0.3 is 5.73 Å². The minimum Gasteiger partial charge on any atom is -0.397 e. The monoisotopic (exact) mass is 137 g/mol.